The summed E-state index contributed by atoms with van der Waals surface area (Å²) in [4.78, 5) is 23.6. The van der Waals surface area contributed by atoms with Crippen LogP contribution in [0.15, 0.2) is 29.2 Å². The monoisotopic (exact) mass is 307 g/mol. The van der Waals surface area contributed by atoms with E-state index in [0.717, 1.165) is 17.7 Å². The van der Waals surface area contributed by atoms with Gasteiger partial charge in [0.15, 0.2) is 0 Å². The maximum atomic E-state index is 11.8. The molecule has 114 valence electrons. The van der Waals surface area contributed by atoms with Crippen molar-refractivity contribution in [2.75, 3.05) is 5.75 Å². The van der Waals surface area contributed by atoms with Crippen molar-refractivity contribution in [3.63, 3.8) is 0 Å². The lowest BCUT2D eigenvalue weighted by Gasteiger charge is -2.22. The minimum absolute atomic E-state index is 0.122. The zero-order valence-corrected chi connectivity index (χ0v) is 12.8. The van der Waals surface area contributed by atoms with Crippen LogP contribution in [0.2, 0.25) is 0 Å². The van der Waals surface area contributed by atoms with Crippen molar-refractivity contribution < 1.29 is 14.7 Å². The van der Waals surface area contributed by atoms with Crippen LogP contribution in [-0.4, -0.2) is 28.8 Å². The van der Waals surface area contributed by atoms with Gasteiger partial charge < -0.3 is 10.4 Å². The lowest BCUT2D eigenvalue weighted by Crippen LogP contribution is -2.36. The largest absolute Gasteiger partial charge is 0.478 e. The number of amides is 1. The Morgan fingerprint density at radius 3 is 2.43 bits per heavy atom. The van der Waals surface area contributed by atoms with Crippen LogP contribution in [0, 0.1) is 0 Å². The molecule has 2 N–H and O–H groups in total. The van der Waals surface area contributed by atoms with E-state index in [9.17, 15) is 9.59 Å². The third-order valence-electron chi connectivity index (χ3n) is 3.67. The van der Waals surface area contributed by atoms with E-state index in [1.165, 1.54) is 19.3 Å². The zero-order valence-electron chi connectivity index (χ0n) is 12.0. The smallest absolute Gasteiger partial charge is 0.335 e. The van der Waals surface area contributed by atoms with Crippen molar-refractivity contribution in [3.8, 4) is 0 Å². The highest BCUT2D eigenvalue weighted by molar-refractivity contribution is 7.99. The second kappa shape index (κ2) is 8.08. The van der Waals surface area contributed by atoms with Gasteiger partial charge in [-0.05, 0) is 37.1 Å². The molecule has 0 saturated heterocycles. The minimum atomic E-state index is -0.918. The first-order chi connectivity index (χ1) is 10.1. The van der Waals surface area contributed by atoms with Crippen molar-refractivity contribution in [1.82, 2.24) is 5.32 Å². The van der Waals surface area contributed by atoms with Gasteiger partial charge in [0, 0.05) is 23.1 Å². The highest BCUT2D eigenvalue weighted by atomic mass is 32.2. The first kappa shape index (κ1) is 15.9. The molecule has 0 bridgehead atoms. The number of hydrogen-bond acceptors (Lipinski definition) is 3. The van der Waals surface area contributed by atoms with Gasteiger partial charge >= 0.3 is 5.97 Å². The minimum Gasteiger partial charge on any atom is -0.478 e. The molecule has 1 aliphatic rings. The van der Waals surface area contributed by atoms with E-state index in [-0.39, 0.29) is 11.5 Å². The van der Waals surface area contributed by atoms with Crippen LogP contribution in [0.3, 0.4) is 0 Å². The van der Waals surface area contributed by atoms with Gasteiger partial charge in [0.25, 0.3) is 0 Å². The van der Waals surface area contributed by atoms with Crippen LogP contribution in [0.5, 0.6) is 0 Å². The maximum Gasteiger partial charge on any atom is 0.335 e. The summed E-state index contributed by atoms with van der Waals surface area (Å²) in [6, 6.07) is 7.12. The summed E-state index contributed by atoms with van der Waals surface area (Å²) in [5, 5.41) is 11.9. The SMILES string of the molecule is O=C(CCSc1ccc(C(=O)O)cc1)NC1CCCCC1. The van der Waals surface area contributed by atoms with Crippen LogP contribution in [0.1, 0.15) is 48.9 Å². The predicted molar refractivity (Wildman–Crippen MR) is 83.8 cm³/mol. The standard InChI is InChI=1S/C16H21NO3S/c18-15(17-13-4-2-1-3-5-13)10-11-21-14-8-6-12(7-9-14)16(19)20/h6-9,13H,1-5,10-11H2,(H,17,18)(H,19,20). The summed E-state index contributed by atoms with van der Waals surface area (Å²) in [7, 11) is 0. The topological polar surface area (TPSA) is 66.4 Å². The molecular formula is C16H21NO3S. The molecule has 21 heavy (non-hydrogen) atoms. The lowest BCUT2D eigenvalue weighted by atomic mass is 9.95. The van der Waals surface area contributed by atoms with Gasteiger partial charge in [-0.15, -0.1) is 11.8 Å². The summed E-state index contributed by atoms with van der Waals surface area (Å²) < 4.78 is 0. The number of carbonyl (C=O) groups excluding carboxylic acids is 1. The van der Waals surface area contributed by atoms with E-state index in [1.807, 2.05) is 0 Å². The summed E-state index contributed by atoms with van der Waals surface area (Å²) in [5.74, 6) is -0.0831. The van der Waals surface area contributed by atoms with Crippen molar-refractivity contribution in [2.24, 2.45) is 0 Å². The van der Waals surface area contributed by atoms with Gasteiger partial charge in [0.2, 0.25) is 5.91 Å². The van der Waals surface area contributed by atoms with Crippen molar-refractivity contribution in [3.05, 3.63) is 29.8 Å². The van der Waals surface area contributed by atoms with Gasteiger partial charge in [-0.3, -0.25) is 4.79 Å². The lowest BCUT2D eigenvalue weighted by molar-refractivity contribution is -0.121. The van der Waals surface area contributed by atoms with Crippen LogP contribution in [0.25, 0.3) is 0 Å². The average Bonchev–Trinajstić information content (AvgIpc) is 2.49. The molecule has 0 spiro atoms. The quantitative estimate of drug-likeness (QED) is 0.791. The van der Waals surface area contributed by atoms with Gasteiger partial charge in [-0.2, -0.15) is 0 Å². The molecule has 1 amide bonds. The Kier molecular flexibility index (Phi) is 6.11. The van der Waals surface area contributed by atoms with E-state index >= 15 is 0 Å². The van der Waals surface area contributed by atoms with Crippen LogP contribution in [0.4, 0.5) is 0 Å². The molecule has 0 heterocycles. The summed E-state index contributed by atoms with van der Waals surface area (Å²) in [6.07, 6.45) is 6.44. The number of nitrogens with one attached hydrogen (secondary N) is 1. The van der Waals surface area contributed by atoms with Gasteiger partial charge in [0.1, 0.15) is 0 Å². The van der Waals surface area contributed by atoms with E-state index in [2.05, 4.69) is 5.32 Å². The van der Waals surface area contributed by atoms with Crippen molar-refractivity contribution >= 4 is 23.6 Å². The number of rotatable bonds is 6. The third-order valence-corrected chi connectivity index (χ3v) is 4.68. The van der Waals surface area contributed by atoms with Gasteiger partial charge in [-0.25, -0.2) is 4.79 Å². The molecule has 0 atom stereocenters. The first-order valence-electron chi connectivity index (χ1n) is 7.40. The maximum absolute atomic E-state index is 11.8. The van der Waals surface area contributed by atoms with Crippen molar-refractivity contribution in [1.29, 1.82) is 0 Å². The Balaban J connectivity index is 1.68. The van der Waals surface area contributed by atoms with Gasteiger partial charge in [0.05, 0.1) is 5.56 Å². The molecule has 2 rings (SSSR count). The number of carboxylic acid groups (broad SMARTS) is 1. The molecule has 0 aliphatic heterocycles. The predicted octanol–water partition coefficient (Wildman–Crippen LogP) is 3.32. The Morgan fingerprint density at radius 1 is 1.14 bits per heavy atom. The Hall–Kier alpha value is -1.49. The highest BCUT2D eigenvalue weighted by Crippen LogP contribution is 2.20. The molecule has 1 aliphatic carbocycles. The van der Waals surface area contributed by atoms with Crippen LogP contribution >= 0.6 is 11.8 Å². The molecule has 0 unspecified atom stereocenters. The summed E-state index contributed by atoms with van der Waals surface area (Å²) in [6.45, 7) is 0. The summed E-state index contributed by atoms with van der Waals surface area (Å²) in [5.41, 5.74) is 0.286. The number of aromatic carboxylic acids is 1. The number of hydrogen-bond donors (Lipinski definition) is 2. The molecule has 1 saturated carbocycles. The van der Waals surface area contributed by atoms with Crippen LogP contribution < -0.4 is 5.32 Å². The fourth-order valence-electron chi connectivity index (χ4n) is 2.50. The average molecular weight is 307 g/mol. The number of carbonyl (C=O) groups is 2. The van der Waals surface area contributed by atoms with E-state index in [4.69, 9.17) is 5.11 Å². The number of carboxylic acids is 1. The van der Waals surface area contributed by atoms with Gasteiger partial charge in [-0.1, -0.05) is 19.3 Å². The molecule has 5 heteroatoms. The Bertz CT molecular complexity index is 481. The molecule has 0 radical (unpaired) electrons. The number of thioether (sulfide) groups is 1. The second-order valence-electron chi connectivity index (χ2n) is 5.33. The third kappa shape index (κ3) is 5.42. The Morgan fingerprint density at radius 2 is 1.81 bits per heavy atom. The van der Waals surface area contributed by atoms with E-state index < -0.39 is 5.97 Å². The second-order valence-corrected chi connectivity index (χ2v) is 6.50. The molecule has 4 nitrogen and oxygen atoms in total. The zero-order chi connectivity index (χ0) is 15.1. The molecule has 1 aromatic carbocycles. The fraction of sp³-hybridized carbons (Fsp3) is 0.500. The highest BCUT2D eigenvalue weighted by Gasteiger charge is 2.15. The number of benzene rings is 1. The molecule has 1 aromatic rings. The molecule has 1 fully saturated rings. The normalized spacial score (nSPS) is 15.6. The first-order valence-corrected chi connectivity index (χ1v) is 8.39. The van der Waals surface area contributed by atoms with E-state index in [0.29, 0.717) is 18.2 Å². The molecule has 0 aromatic heterocycles. The van der Waals surface area contributed by atoms with Crippen LogP contribution in [-0.2, 0) is 4.79 Å². The van der Waals surface area contributed by atoms with E-state index in [1.54, 1.807) is 36.0 Å². The molecular weight excluding hydrogens is 286 g/mol. The Labute approximate surface area is 129 Å². The summed E-state index contributed by atoms with van der Waals surface area (Å²) >= 11 is 1.58. The fourth-order valence-corrected chi connectivity index (χ4v) is 3.35. The van der Waals surface area contributed by atoms with Crippen molar-refractivity contribution in [2.45, 2.75) is 49.5 Å².